The summed E-state index contributed by atoms with van der Waals surface area (Å²) in [6.45, 7) is 17.6. The monoisotopic (exact) mass is 490 g/mol. The molecule has 200 valence electrons. The van der Waals surface area contributed by atoms with Crippen LogP contribution in [0.2, 0.25) is 0 Å². The summed E-state index contributed by atoms with van der Waals surface area (Å²) in [7, 11) is 0. The Bertz CT molecular complexity index is 906. The van der Waals surface area contributed by atoms with Gasteiger partial charge < -0.3 is 25.2 Å². The van der Waals surface area contributed by atoms with Gasteiger partial charge in [-0.05, 0) is 94.3 Å². The van der Waals surface area contributed by atoms with Crippen molar-refractivity contribution in [3.05, 3.63) is 11.6 Å². The third kappa shape index (κ3) is 3.00. The second-order valence-electron chi connectivity index (χ2n) is 14.8. The van der Waals surface area contributed by atoms with E-state index >= 15 is 0 Å². The minimum Gasteiger partial charge on any atom is -0.387 e. The molecule has 12 unspecified atom stereocenters. The molecule has 0 aromatic rings. The van der Waals surface area contributed by atoms with Crippen molar-refractivity contribution in [2.45, 2.75) is 130 Å². The number of allylic oxidation sites excluding steroid dienone is 1. The molecule has 5 fully saturated rings. The predicted molar refractivity (Wildman–Crippen MR) is 136 cm³/mol. The van der Waals surface area contributed by atoms with Crippen molar-refractivity contribution in [2.24, 2.45) is 45.8 Å². The Morgan fingerprint density at radius 1 is 0.914 bits per heavy atom. The zero-order valence-corrected chi connectivity index (χ0v) is 23.3. The minimum absolute atomic E-state index is 0.0824. The molecule has 1 heterocycles. The Kier molecular flexibility index (Phi) is 5.65. The van der Waals surface area contributed by atoms with E-state index in [4.69, 9.17) is 4.74 Å². The largest absolute Gasteiger partial charge is 0.387 e. The van der Waals surface area contributed by atoms with E-state index in [2.05, 4.69) is 34.6 Å². The Morgan fingerprint density at radius 3 is 2.20 bits per heavy atom. The minimum atomic E-state index is -1.95. The van der Waals surface area contributed by atoms with Crippen LogP contribution in [0.4, 0.5) is 0 Å². The number of rotatable bonds is 2. The van der Waals surface area contributed by atoms with Gasteiger partial charge in [0.05, 0.1) is 17.6 Å². The molecule has 0 bridgehead atoms. The fourth-order valence-electron chi connectivity index (χ4n) is 10.7. The van der Waals surface area contributed by atoms with Crippen molar-refractivity contribution < 1.29 is 25.2 Å². The van der Waals surface area contributed by atoms with E-state index < -0.39 is 46.4 Å². The highest BCUT2D eigenvalue weighted by Gasteiger charge is 2.82. The maximum atomic E-state index is 12.6. The van der Waals surface area contributed by atoms with Crippen LogP contribution in [0.3, 0.4) is 0 Å². The molecule has 0 aromatic heterocycles. The van der Waals surface area contributed by atoms with Crippen LogP contribution in [0.5, 0.6) is 0 Å². The first kappa shape index (κ1) is 26.2. The lowest BCUT2D eigenvalue weighted by molar-refractivity contribution is -0.306. The Morgan fingerprint density at radius 2 is 1.57 bits per heavy atom. The fourth-order valence-corrected chi connectivity index (χ4v) is 10.7. The van der Waals surface area contributed by atoms with Gasteiger partial charge in [-0.15, -0.1) is 0 Å². The molecule has 0 aromatic carbocycles. The van der Waals surface area contributed by atoms with Crippen molar-refractivity contribution in [1.29, 1.82) is 0 Å². The first-order valence-corrected chi connectivity index (χ1v) is 14.2. The van der Waals surface area contributed by atoms with Gasteiger partial charge in [0.1, 0.15) is 11.7 Å². The molecule has 5 aliphatic rings. The van der Waals surface area contributed by atoms with Gasteiger partial charge >= 0.3 is 0 Å². The van der Waals surface area contributed by atoms with Crippen molar-refractivity contribution in [1.82, 2.24) is 0 Å². The number of ether oxygens (including phenoxy) is 1. The van der Waals surface area contributed by atoms with E-state index in [1.54, 1.807) is 6.92 Å². The average Bonchev–Trinajstić information content (AvgIpc) is 3.07. The molecular weight excluding hydrogens is 440 g/mol. The molecule has 1 saturated heterocycles. The molecule has 4 saturated carbocycles. The van der Waals surface area contributed by atoms with Gasteiger partial charge in [0.15, 0.2) is 0 Å². The standard InChI is InChI=1S/C30H50O5/c1-17(2)9-12-22-28(8,32)23-19-10-11-21-26(6)15-13-18(3)25(4,5)20(26)14-16-27(21,7)29(19,33)24(31)30(23,34)35-22/h9,18-24,31-34H,10-16H2,1-8H3. The van der Waals surface area contributed by atoms with Crippen molar-refractivity contribution in [3.63, 3.8) is 0 Å². The molecular formula is C30H50O5. The van der Waals surface area contributed by atoms with E-state index in [0.29, 0.717) is 24.7 Å². The molecule has 0 spiro atoms. The summed E-state index contributed by atoms with van der Waals surface area (Å²) in [5, 5.41) is 48.1. The third-order valence-electron chi connectivity index (χ3n) is 12.9. The maximum absolute atomic E-state index is 12.6. The van der Waals surface area contributed by atoms with Crippen molar-refractivity contribution in [2.75, 3.05) is 0 Å². The van der Waals surface area contributed by atoms with Crippen LogP contribution in [0.15, 0.2) is 11.6 Å². The highest BCUT2D eigenvalue weighted by molar-refractivity contribution is 5.29. The van der Waals surface area contributed by atoms with Crippen LogP contribution >= 0.6 is 0 Å². The van der Waals surface area contributed by atoms with E-state index in [1.165, 1.54) is 6.42 Å². The van der Waals surface area contributed by atoms with Crippen LogP contribution in [0, 0.1) is 45.8 Å². The van der Waals surface area contributed by atoms with E-state index in [-0.39, 0.29) is 16.7 Å². The van der Waals surface area contributed by atoms with Crippen LogP contribution in [-0.2, 0) is 4.74 Å². The number of hydrogen-bond donors (Lipinski definition) is 4. The van der Waals surface area contributed by atoms with E-state index in [1.807, 2.05) is 19.9 Å². The summed E-state index contributed by atoms with van der Waals surface area (Å²) in [6, 6.07) is 0. The molecule has 4 aliphatic carbocycles. The fraction of sp³-hybridized carbons (Fsp3) is 0.933. The normalized spacial score (nSPS) is 58.7. The smallest absolute Gasteiger partial charge is 0.201 e. The van der Waals surface area contributed by atoms with Gasteiger partial charge in [-0.25, -0.2) is 0 Å². The topological polar surface area (TPSA) is 90.2 Å². The molecule has 5 rings (SSSR count). The summed E-state index contributed by atoms with van der Waals surface area (Å²) < 4.78 is 6.16. The quantitative estimate of drug-likeness (QED) is 0.417. The highest BCUT2D eigenvalue weighted by atomic mass is 16.7. The van der Waals surface area contributed by atoms with E-state index in [9.17, 15) is 20.4 Å². The van der Waals surface area contributed by atoms with Crippen molar-refractivity contribution in [3.8, 4) is 0 Å². The first-order chi connectivity index (χ1) is 16.0. The SMILES string of the molecule is CC(C)=CCC1OC2(O)C(C3CCC4C5(C)CCC(C)C(C)(C)C5CCC4(C)C3(O)C2O)C1(C)O. The summed E-state index contributed by atoms with van der Waals surface area (Å²) in [5.41, 5.74) is -1.95. The molecule has 1 aliphatic heterocycles. The number of aliphatic hydroxyl groups is 4. The molecule has 5 nitrogen and oxygen atoms in total. The van der Waals surface area contributed by atoms with E-state index in [0.717, 1.165) is 31.3 Å². The summed E-state index contributed by atoms with van der Waals surface area (Å²) >= 11 is 0. The zero-order chi connectivity index (χ0) is 26.0. The predicted octanol–water partition coefficient (Wildman–Crippen LogP) is 4.81. The van der Waals surface area contributed by atoms with Crippen LogP contribution in [0.25, 0.3) is 0 Å². The molecule has 12 atom stereocenters. The molecule has 5 heteroatoms. The third-order valence-corrected chi connectivity index (χ3v) is 12.9. The van der Waals surface area contributed by atoms with Gasteiger partial charge in [-0.2, -0.15) is 0 Å². The molecule has 35 heavy (non-hydrogen) atoms. The first-order valence-electron chi connectivity index (χ1n) is 14.2. The lowest BCUT2D eigenvalue weighted by Gasteiger charge is -2.69. The summed E-state index contributed by atoms with van der Waals surface area (Å²) in [4.78, 5) is 0. The average molecular weight is 491 g/mol. The van der Waals surface area contributed by atoms with Gasteiger partial charge in [0, 0.05) is 11.3 Å². The molecule has 0 radical (unpaired) electrons. The Labute approximate surface area is 212 Å². The van der Waals surface area contributed by atoms with Gasteiger partial charge in [0.25, 0.3) is 0 Å². The zero-order valence-electron chi connectivity index (χ0n) is 23.3. The number of aliphatic hydroxyl groups excluding tert-OH is 1. The van der Waals surface area contributed by atoms with Crippen LogP contribution < -0.4 is 0 Å². The second kappa shape index (κ2) is 7.56. The molecule has 0 amide bonds. The maximum Gasteiger partial charge on any atom is 0.201 e. The Hall–Kier alpha value is -0.460. The summed E-state index contributed by atoms with van der Waals surface area (Å²) in [5.74, 6) is -1.58. The number of hydrogen-bond acceptors (Lipinski definition) is 5. The second-order valence-corrected chi connectivity index (χ2v) is 14.8. The van der Waals surface area contributed by atoms with Gasteiger partial charge in [-0.3, -0.25) is 0 Å². The van der Waals surface area contributed by atoms with Gasteiger partial charge in [-0.1, -0.05) is 46.3 Å². The summed E-state index contributed by atoms with van der Waals surface area (Å²) in [6.07, 6.45) is 6.23. The highest BCUT2D eigenvalue weighted by Crippen LogP contribution is 2.75. The van der Waals surface area contributed by atoms with Crippen LogP contribution in [-0.4, -0.2) is 49.6 Å². The van der Waals surface area contributed by atoms with Crippen LogP contribution in [0.1, 0.15) is 100 Å². The Balaban J connectivity index is 1.55. The van der Waals surface area contributed by atoms with Gasteiger partial charge in [0.2, 0.25) is 5.79 Å². The molecule has 4 N–H and O–H groups in total. The number of fused-ring (bicyclic) bond motifs is 7. The lowest BCUT2D eigenvalue weighted by atomic mass is 9.36. The lowest BCUT2D eigenvalue weighted by Crippen LogP contribution is -2.70. The van der Waals surface area contributed by atoms with Crippen molar-refractivity contribution >= 4 is 0 Å².